The van der Waals surface area contributed by atoms with Gasteiger partial charge in [0.05, 0.1) is 12.0 Å². The van der Waals surface area contributed by atoms with Gasteiger partial charge in [-0.3, -0.25) is 10.1 Å². The average molecular weight is 428 g/mol. The van der Waals surface area contributed by atoms with Crippen LogP contribution in [0.2, 0.25) is 0 Å². The first-order chi connectivity index (χ1) is 15.0. The predicted molar refractivity (Wildman–Crippen MR) is 117 cm³/mol. The molecule has 0 bridgehead atoms. The molecule has 1 saturated carbocycles. The monoisotopic (exact) mass is 427 g/mol. The van der Waals surface area contributed by atoms with Crippen molar-refractivity contribution in [1.29, 1.82) is 0 Å². The Hall–Kier alpha value is -3.01. The number of hydrogen-bond donors (Lipinski definition) is 2. The second kappa shape index (κ2) is 9.42. The maximum atomic E-state index is 11.6. The molecule has 4 rings (SSSR count). The number of ether oxygens (including phenoxy) is 1. The van der Waals surface area contributed by atoms with Crippen LogP contribution in [0.25, 0.3) is 0 Å². The lowest BCUT2D eigenvalue weighted by Gasteiger charge is -2.42. The molecule has 1 aliphatic heterocycles. The van der Waals surface area contributed by atoms with Gasteiger partial charge in [0.2, 0.25) is 17.6 Å². The highest BCUT2D eigenvalue weighted by molar-refractivity contribution is 5.58. The molecule has 10 heteroatoms. The largest absolute Gasteiger partial charge is 0.481 e. The minimum atomic E-state index is -0.468. The lowest BCUT2D eigenvalue weighted by Crippen LogP contribution is -2.46. The van der Waals surface area contributed by atoms with Crippen molar-refractivity contribution in [3.05, 3.63) is 39.7 Å². The zero-order valence-corrected chi connectivity index (χ0v) is 17.8. The molecule has 0 atom stereocenters. The van der Waals surface area contributed by atoms with Crippen LogP contribution in [0.4, 0.5) is 17.5 Å². The number of nitrogens with two attached hydrogens (primary N) is 1. The summed E-state index contributed by atoms with van der Waals surface area (Å²) in [5.41, 5.74) is 7.03. The molecule has 1 aliphatic carbocycles. The fourth-order valence-electron chi connectivity index (χ4n) is 4.55. The summed E-state index contributed by atoms with van der Waals surface area (Å²) in [5.74, 6) is 1.05. The van der Waals surface area contributed by atoms with E-state index in [0.29, 0.717) is 36.5 Å². The number of anilines is 2. The summed E-state index contributed by atoms with van der Waals surface area (Å²) in [4.78, 5) is 26.5. The maximum Gasteiger partial charge on any atom is 0.332 e. The average Bonchev–Trinajstić information content (AvgIpc) is 2.72. The van der Waals surface area contributed by atoms with Crippen LogP contribution in [0, 0.1) is 16.0 Å². The first-order valence-corrected chi connectivity index (χ1v) is 10.8. The van der Waals surface area contributed by atoms with E-state index in [0.717, 1.165) is 31.2 Å². The van der Waals surface area contributed by atoms with Crippen LogP contribution in [0.1, 0.15) is 43.4 Å². The van der Waals surface area contributed by atoms with E-state index >= 15 is 0 Å². The van der Waals surface area contributed by atoms with E-state index in [1.807, 2.05) is 12.1 Å². The lowest BCUT2D eigenvalue weighted by molar-refractivity contribution is -0.385. The first kappa shape index (κ1) is 21.2. The highest BCUT2D eigenvalue weighted by Gasteiger charge is 2.31. The van der Waals surface area contributed by atoms with Gasteiger partial charge in [-0.15, -0.1) is 0 Å². The summed E-state index contributed by atoms with van der Waals surface area (Å²) in [6, 6.07) is 4.36. The molecule has 166 valence electrons. The molecule has 0 radical (unpaired) electrons. The third-order valence-corrected chi connectivity index (χ3v) is 6.35. The topological polar surface area (TPSA) is 132 Å². The van der Waals surface area contributed by atoms with Gasteiger partial charge in [0.15, 0.2) is 0 Å². The maximum absolute atomic E-state index is 11.6. The molecule has 2 aliphatic rings. The van der Waals surface area contributed by atoms with E-state index < -0.39 is 4.92 Å². The first-order valence-electron chi connectivity index (χ1n) is 10.8. The van der Waals surface area contributed by atoms with Gasteiger partial charge in [-0.1, -0.05) is 6.07 Å². The van der Waals surface area contributed by atoms with Crippen LogP contribution in [-0.2, 0) is 13.0 Å². The summed E-state index contributed by atoms with van der Waals surface area (Å²) in [7, 11) is 1.56. The van der Waals surface area contributed by atoms with Crippen molar-refractivity contribution in [2.75, 3.05) is 31.2 Å². The second-order valence-corrected chi connectivity index (χ2v) is 8.28. The number of nitrogens with zero attached hydrogens (tertiary/aromatic N) is 5. The van der Waals surface area contributed by atoms with Gasteiger partial charge in [0.25, 0.3) is 0 Å². The van der Waals surface area contributed by atoms with Crippen LogP contribution in [0.5, 0.6) is 5.88 Å². The Balaban J connectivity index is 1.46. The Kier molecular flexibility index (Phi) is 6.45. The summed E-state index contributed by atoms with van der Waals surface area (Å²) in [6.07, 6.45) is 7.89. The normalized spacial score (nSPS) is 21.3. The number of nitrogens with one attached hydrogen (secondary N) is 1. The van der Waals surface area contributed by atoms with Gasteiger partial charge in [0, 0.05) is 24.3 Å². The SMILES string of the molecule is COc1ncccc1CNc1nc(N)c([N+](=O)[O-])c(CC2CCC(N3CCC3)CC2)n1. The van der Waals surface area contributed by atoms with Crippen molar-refractivity contribution in [1.82, 2.24) is 19.9 Å². The second-order valence-electron chi connectivity index (χ2n) is 8.28. The Morgan fingerprint density at radius 3 is 2.71 bits per heavy atom. The molecule has 2 fully saturated rings. The highest BCUT2D eigenvalue weighted by Crippen LogP contribution is 2.34. The van der Waals surface area contributed by atoms with Gasteiger partial charge in [-0.2, -0.15) is 4.98 Å². The number of hydrogen-bond acceptors (Lipinski definition) is 9. The van der Waals surface area contributed by atoms with E-state index in [4.69, 9.17) is 10.5 Å². The third-order valence-electron chi connectivity index (χ3n) is 6.35. The Morgan fingerprint density at radius 1 is 1.29 bits per heavy atom. The smallest absolute Gasteiger partial charge is 0.332 e. The van der Waals surface area contributed by atoms with Crippen molar-refractivity contribution in [3.63, 3.8) is 0 Å². The molecule has 0 spiro atoms. The quantitative estimate of drug-likeness (QED) is 0.482. The molecule has 2 aromatic rings. The Morgan fingerprint density at radius 2 is 2.06 bits per heavy atom. The van der Waals surface area contributed by atoms with Crippen LogP contribution in [0.3, 0.4) is 0 Å². The van der Waals surface area contributed by atoms with Crippen molar-refractivity contribution in [3.8, 4) is 5.88 Å². The standard InChI is InChI=1S/C21H29N7O3/c1-31-20-15(4-2-9-23-20)13-24-21-25-17(18(28(29)30)19(22)26-21)12-14-5-7-16(8-6-14)27-10-3-11-27/h2,4,9,14,16H,3,5-8,10-13H2,1H3,(H3,22,24,25,26). The Labute approximate surface area is 181 Å². The molecular weight excluding hydrogens is 398 g/mol. The third kappa shape index (κ3) is 4.84. The summed E-state index contributed by atoms with van der Waals surface area (Å²) >= 11 is 0. The fourth-order valence-corrected chi connectivity index (χ4v) is 4.55. The molecule has 10 nitrogen and oxygen atoms in total. The van der Waals surface area contributed by atoms with Gasteiger partial charge < -0.3 is 20.7 Å². The molecule has 2 aromatic heterocycles. The molecule has 0 amide bonds. The summed E-state index contributed by atoms with van der Waals surface area (Å²) in [6.45, 7) is 2.79. The molecule has 3 N–H and O–H groups in total. The number of likely N-dealkylation sites (tertiary alicyclic amines) is 1. The fraction of sp³-hybridized carbons (Fsp3) is 0.571. The van der Waals surface area contributed by atoms with E-state index in [1.54, 1.807) is 13.3 Å². The van der Waals surface area contributed by atoms with E-state index in [1.165, 1.54) is 19.5 Å². The van der Waals surface area contributed by atoms with E-state index in [9.17, 15) is 10.1 Å². The van der Waals surface area contributed by atoms with E-state index in [2.05, 4.69) is 25.2 Å². The number of aromatic nitrogens is 3. The highest BCUT2D eigenvalue weighted by atomic mass is 16.6. The Bertz CT molecular complexity index is 927. The van der Waals surface area contributed by atoms with Gasteiger partial charge in [-0.05, 0) is 63.6 Å². The van der Waals surface area contributed by atoms with Crippen molar-refractivity contribution in [2.24, 2.45) is 5.92 Å². The molecular formula is C21H29N7O3. The summed E-state index contributed by atoms with van der Waals surface area (Å²) < 4.78 is 5.26. The lowest BCUT2D eigenvalue weighted by atomic mass is 9.82. The van der Waals surface area contributed by atoms with Crippen LogP contribution in [0.15, 0.2) is 18.3 Å². The molecule has 0 unspecified atom stereocenters. The molecule has 3 heterocycles. The van der Waals surface area contributed by atoms with Gasteiger partial charge >= 0.3 is 5.69 Å². The van der Waals surface area contributed by atoms with E-state index in [-0.39, 0.29) is 17.5 Å². The minimum Gasteiger partial charge on any atom is -0.481 e. The zero-order chi connectivity index (χ0) is 21.8. The van der Waals surface area contributed by atoms with Crippen LogP contribution < -0.4 is 15.8 Å². The molecule has 31 heavy (non-hydrogen) atoms. The molecule has 1 saturated heterocycles. The number of nitro groups is 1. The number of methoxy groups -OCH3 is 1. The van der Waals surface area contributed by atoms with Crippen molar-refractivity contribution in [2.45, 2.75) is 51.1 Å². The van der Waals surface area contributed by atoms with Gasteiger partial charge in [-0.25, -0.2) is 9.97 Å². The van der Waals surface area contributed by atoms with Crippen molar-refractivity contribution >= 4 is 17.5 Å². The predicted octanol–water partition coefficient (Wildman–Crippen LogP) is 2.79. The van der Waals surface area contributed by atoms with Crippen LogP contribution in [-0.4, -0.2) is 51.0 Å². The number of nitrogen functional groups attached to an aromatic ring is 1. The number of pyridine rings is 1. The minimum absolute atomic E-state index is 0.107. The van der Waals surface area contributed by atoms with Crippen LogP contribution >= 0.6 is 0 Å². The zero-order valence-electron chi connectivity index (χ0n) is 17.8. The molecule has 0 aromatic carbocycles. The number of rotatable bonds is 8. The van der Waals surface area contributed by atoms with Crippen molar-refractivity contribution < 1.29 is 9.66 Å². The summed E-state index contributed by atoms with van der Waals surface area (Å²) in [5, 5.41) is 14.7. The van der Waals surface area contributed by atoms with Gasteiger partial charge in [0.1, 0.15) is 5.69 Å².